The minimum Gasteiger partial charge on any atom is -0.480 e. The molecule has 41 heavy (non-hydrogen) atoms. The van der Waals surface area contributed by atoms with Crippen LogP contribution in [0.5, 0.6) is 5.88 Å². The van der Waals surface area contributed by atoms with Gasteiger partial charge in [0, 0.05) is 43.0 Å². The number of halogens is 3. The van der Waals surface area contributed by atoms with Crippen LogP contribution >= 0.6 is 0 Å². The topological polar surface area (TPSA) is 175 Å². The zero-order chi connectivity index (χ0) is 29.5. The van der Waals surface area contributed by atoms with Gasteiger partial charge in [0.15, 0.2) is 0 Å². The number of anilines is 2. The minimum atomic E-state index is -4.89. The highest BCUT2D eigenvalue weighted by molar-refractivity contribution is 5.93. The van der Waals surface area contributed by atoms with Gasteiger partial charge in [-0.15, -0.1) is 0 Å². The highest BCUT2D eigenvalue weighted by Gasteiger charge is 2.46. The van der Waals surface area contributed by atoms with E-state index in [-0.39, 0.29) is 34.1 Å². The lowest BCUT2D eigenvalue weighted by atomic mass is 9.76. The van der Waals surface area contributed by atoms with Gasteiger partial charge < -0.3 is 31.5 Å². The van der Waals surface area contributed by atoms with Crippen molar-refractivity contribution < 1.29 is 32.6 Å². The molecule has 2 saturated heterocycles. The first-order valence-corrected chi connectivity index (χ1v) is 12.9. The Hall–Kier alpha value is -4.40. The van der Waals surface area contributed by atoms with Crippen molar-refractivity contribution in [2.75, 3.05) is 30.3 Å². The third-order valence-electron chi connectivity index (χ3n) is 7.62. The van der Waals surface area contributed by atoms with E-state index in [1.165, 1.54) is 29.1 Å². The van der Waals surface area contributed by atoms with Gasteiger partial charge >= 0.3 is 12.1 Å². The number of alkyl halides is 3. The number of benzene rings is 1. The number of piperidine rings is 1. The number of nitrogens with one attached hydrogen (secondary N) is 1. The molecule has 15 heteroatoms. The number of aliphatic carboxylic acids is 1. The number of rotatable bonds is 7. The van der Waals surface area contributed by atoms with Crippen LogP contribution in [0.4, 0.5) is 24.9 Å². The molecule has 2 unspecified atom stereocenters. The molecule has 2 atom stereocenters. The Morgan fingerprint density at radius 3 is 2.51 bits per heavy atom. The van der Waals surface area contributed by atoms with E-state index < -0.39 is 30.2 Å². The van der Waals surface area contributed by atoms with E-state index in [1.54, 1.807) is 13.0 Å². The summed E-state index contributed by atoms with van der Waals surface area (Å²) in [5.41, 5.74) is 11.3. The van der Waals surface area contributed by atoms with E-state index in [1.807, 2.05) is 4.90 Å². The molecule has 4 heterocycles. The number of aromatic nitrogens is 4. The van der Waals surface area contributed by atoms with Gasteiger partial charge in [0.05, 0.1) is 11.4 Å². The average Bonchev–Trinajstić information content (AvgIpc) is 3.53. The van der Waals surface area contributed by atoms with Crippen molar-refractivity contribution in [1.29, 1.82) is 0 Å². The molecular formula is C26H29F3N8O4. The number of carboxylic acid groups (broad SMARTS) is 1. The monoisotopic (exact) mass is 574 g/mol. The molecule has 0 saturated carbocycles. The molecule has 1 amide bonds. The van der Waals surface area contributed by atoms with E-state index >= 15 is 0 Å². The lowest BCUT2D eigenvalue weighted by molar-refractivity contribution is -0.198. The summed E-state index contributed by atoms with van der Waals surface area (Å²) in [6.45, 7) is 3.26. The molecule has 1 spiro atoms. The molecule has 3 aromatic rings. The molecule has 2 fully saturated rings. The highest BCUT2D eigenvalue weighted by Crippen LogP contribution is 2.42. The van der Waals surface area contributed by atoms with Gasteiger partial charge in [0.25, 0.3) is 0 Å². The van der Waals surface area contributed by atoms with Crippen LogP contribution in [0.3, 0.4) is 0 Å². The Balaban J connectivity index is 1.43. The number of ether oxygens (including phenoxy) is 1. The summed E-state index contributed by atoms with van der Waals surface area (Å²) in [7, 11) is 0. The first-order valence-electron chi connectivity index (χ1n) is 12.9. The summed E-state index contributed by atoms with van der Waals surface area (Å²) >= 11 is 0. The third-order valence-corrected chi connectivity index (χ3v) is 7.62. The van der Waals surface area contributed by atoms with Crippen LogP contribution in [0.25, 0.3) is 5.69 Å². The van der Waals surface area contributed by atoms with Gasteiger partial charge in [-0.1, -0.05) is 6.07 Å². The summed E-state index contributed by atoms with van der Waals surface area (Å²) < 4.78 is 50.1. The van der Waals surface area contributed by atoms with Gasteiger partial charge in [0.2, 0.25) is 23.8 Å². The number of carbonyl (C=O) groups excluding carboxylic acids is 1. The number of carbonyl (C=O) groups is 2. The summed E-state index contributed by atoms with van der Waals surface area (Å²) in [5.74, 6) is -2.04. The lowest BCUT2D eigenvalue weighted by Crippen LogP contribution is -2.41. The number of amides is 1. The Morgan fingerprint density at radius 2 is 1.93 bits per heavy atom. The predicted octanol–water partition coefficient (Wildman–Crippen LogP) is 2.37. The molecule has 2 aliphatic heterocycles. The van der Waals surface area contributed by atoms with Crippen molar-refractivity contribution in [3.8, 4) is 11.6 Å². The van der Waals surface area contributed by atoms with E-state index in [4.69, 9.17) is 16.2 Å². The number of hydrogen-bond donors (Lipinski definition) is 4. The fraction of sp³-hybridized carbons (Fsp3) is 0.423. The third kappa shape index (κ3) is 5.89. The SMILES string of the molecule is Cc1ccn(-c2cc(C(N)=O)ccc2C(Oc2cc(N3CCC4(CC3)CNC(C(=O)O)C4)nc(N)n2)C(F)(F)F)n1. The van der Waals surface area contributed by atoms with Crippen LogP contribution in [-0.4, -0.2) is 68.6 Å². The first-order chi connectivity index (χ1) is 19.3. The Kier molecular flexibility index (Phi) is 7.23. The second-order valence-electron chi connectivity index (χ2n) is 10.5. The second-order valence-corrected chi connectivity index (χ2v) is 10.5. The smallest absolute Gasteiger partial charge is 0.429 e. The molecule has 1 aromatic carbocycles. The molecule has 0 radical (unpaired) electrons. The molecule has 218 valence electrons. The number of nitrogens with zero attached hydrogens (tertiary/aromatic N) is 5. The standard InChI is InChI=1S/C26H29F3N8O4/c1-14-4-7-37(35-14)18-10-15(22(30)38)2-3-16(18)21(26(27,28)29)41-20-11-19(33-24(31)34-20)36-8-5-25(6-9-36)12-17(23(39)40)32-13-25/h2-4,7,10-11,17,21,32H,5-6,8-9,12-13H2,1H3,(H2,30,38)(H,39,40)(H2,31,33,34). The number of carboxylic acids is 1. The van der Waals surface area contributed by atoms with Crippen LogP contribution in [0, 0.1) is 12.3 Å². The number of nitrogens with two attached hydrogens (primary N) is 2. The predicted molar refractivity (Wildman–Crippen MR) is 141 cm³/mol. The van der Waals surface area contributed by atoms with Crippen LogP contribution in [0.2, 0.25) is 0 Å². The van der Waals surface area contributed by atoms with Gasteiger partial charge in [-0.25, -0.2) is 4.68 Å². The minimum absolute atomic E-state index is 0.00130. The summed E-state index contributed by atoms with van der Waals surface area (Å²) in [4.78, 5) is 33.1. The fourth-order valence-corrected chi connectivity index (χ4v) is 5.43. The van der Waals surface area contributed by atoms with Crippen molar-refractivity contribution in [2.24, 2.45) is 11.1 Å². The van der Waals surface area contributed by atoms with Crippen LogP contribution in [0.15, 0.2) is 36.5 Å². The van der Waals surface area contributed by atoms with Gasteiger partial charge in [-0.2, -0.15) is 28.2 Å². The van der Waals surface area contributed by atoms with Crippen molar-refractivity contribution in [1.82, 2.24) is 25.1 Å². The highest BCUT2D eigenvalue weighted by atomic mass is 19.4. The quantitative estimate of drug-likeness (QED) is 0.328. The lowest BCUT2D eigenvalue weighted by Gasteiger charge is -2.39. The Labute approximate surface area is 232 Å². The molecule has 2 aliphatic rings. The molecule has 0 bridgehead atoms. The second kappa shape index (κ2) is 10.5. The van der Waals surface area contributed by atoms with Gasteiger partial charge in [-0.3, -0.25) is 9.59 Å². The molecule has 0 aliphatic carbocycles. The summed E-state index contributed by atoms with van der Waals surface area (Å²) in [6, 6.07) is 5.85. The van der Waals surface area contributed by atoms with E-state index in [2.05, 4.69) is 20.4 Å². The molecule has 12 nitrogen and oxygen atoms in total. The largest absolute Gasteiger partial charge is 0.480 e. The molecule has 6 N–H and O–H groups in total. The van der Waals surface area contributed by atoms with E-state index in [0.717, 1.165) is 6.07 Å². The molecule has 5 rings (SSSR count). The van der Waals surface area contributed by atoms with Gasteiger partial charge in [-0.05, 0) is 49.8 Å². The van der Waals surface area contributed by atoms with Gasteiger partial charge in [0.1, 0.15) is 11.9 Å². The van der Waals surface area contributed by atoms with Crippen molar-refractivity contribution >= 4 is 23.6 Å². The number of nitrogen functional groups attached to an aromatic ring is 1. The maximum absolute atomic E-state index is 14.5. The van der Waals surface area contributed by atoms with E-state index in [0.29, 0.717) is 50.4 Å². The zero-order valence-corrected chi connectivity index (χ0v) is 22.1. The Morgan fingerprint density at radius 1 is 1.20 bits per heavy atom. The van der Waals surface area contributed by atoms with Crippen LogP contribution in [-0.2, 0) is 4.79 Å². The fourth-order valence-electron chi connectivity index (χ4n) is 5.43. The van der Waals surface area contributed by atoms with Crippen LogP contribution in [0.1, 0.15) is 47.0 Å². The number of hydrogen-bond acceptors (Lipinski definition) is 9. The van der Waals surface area contributed by atoms with Crippen molar-refractivity contribution in [2.45, 2.75) is 44.5 Å². The van der Waals surface area contributed by atoms with Crippen molar-refractivity contribution in [3.63, 3.8) is 0 Å². The van der Waals surface area contributed by atoms with Crippen molar-refractivity contribution in [3.05, 3.63) is 53.3 Å². The molecule has 2 aromatic heterocycles. The number of primary amides is 1. The normalized spacial score (nSPS) is 19.3. The maximum atomic E-state index is 14.5. The van der Waals surface area contributed by atoms with E-state index in [9.17, 15) is 27.9 Å². The summed E-state index contributed by atoms with van der Waals surface area (Å²) in [6.07, 6.45) is -4.06. The number of aryl methyl sites for hydroxylation is 1. The maximum Gasteiger partial charge on any atom is 0.429 e. The summed E-state index contributed by atoms with van der Waals surface area (Å²) in [5, 5.41) is 16.6. The molecular weight excluding hydrogens is 545 g/mol. The Bertz CT molecular complexity index is 1470. The average molecular weight is 575 g/mol. The van der Waals surface area contributed by atoms with Crippen LogP contribution < -0.4 is 26.4 Å². The first kappa shape index (κ1) is 28.1. The zero-order valence-electron chi connectivity index (χ0n) is 22.1.